The Bertz CT molecular complexity index is 578. The van der Waals surface area contributed by atoms with Crippen molar-refractivity contribution in [2.24, 2.45) is 5.92 Å². The smallest absolute Gasteiger partial charge is 0.409 e. The molecule has 2 heterocycles. The van der Waals surface area contributed by atoms with Crippen LogP contribution < -0.4 is 0 Å². The van der Waals surface area contributed by atoms with E-state index >= 15 is 0 Å². The summed E-state index contributed by atoms with van der Waals surface area (Å²) in [5.41, 5.74) is 0.812. The Balaban J connectivity index is 1.89. The average Bonchev–Trinajstić information content (AvgIpc) is 2.93. The lowest BCUT2D eigenvalue weighted by atomic mass is 10.2. The summed E-state index contributed by atoms with van der Waals surface area (Å²) in [6.45, 7) is 10.6. The molecule has 0 atom stereocenters. The Labute approximate surface area is 147 Å². The van der Waals surface area contributed by atoms with Crippen molar-refractivity contribution in [3.8, 4) is 0 Å². The summed E-state index contributed by atoms with van der Waals surface area (Å²) in [4.78, 5) is 33.4. The normalized spacial score (nSPS) is 15.0. The fraction of sp³-hybridized carbons (Fsp3) is 0.706. The number of hydrogen-bond donors (Lipinski definition) is 0. The predicted molar refractivity (Wildman–Crippen MR) is 94.5 cm³/mol. The van der Waals surface area contributed by atoms with E-state index in [1.54, 1.807) is 4.90 Å². The predicted octanol–water partition coefficient (Wildman–Crippen LogP) is 2.95. The van der Waals surface area contributed by atoms with Crippen molar-refractivity contribution in [2.45, 2.75) is 40.5 Å². The van der Waals surface area contributed by atoms with E-state index in [0.717, 1.165) is 28.4 Å². The van der Waals surface area contributed by atoms with Crippen LogP contribution in [0.1, 0.15) is 47.6 Å². The van der Waals surface area contributed by atoms with Gasteiger partial charge in [-0.25, -0.2) is 9.78 Å². The van der Waals surface area contributed by atoms with Gasteiger partial charge in [0.1, 0.15) is 4.88 Å². The summed E-state index contributed by atoms with van der Waals surface area (Å²) in [7, 11) is 0. The van der Waals surface area contributed by atoms with Crippen molar-refractivity contribution >= 4 is 23.3 Å². The summed E-state index contributed by atoms with van der Waals surface area (Å²) >= 11 is 1.50. The van der Waals surface area contributed by atoms with Crippen LogP contribution >= 0.6 is 11.3 Å². The lowest BCUT2D eigenvalue weighted by Crippen LogP contribution is -2.50. The molecular formula is C17H27N3O3S. The van der Waals surface area contributed by atoms with Crippen LogP contribution in [0.3, 0.4) is 0 Å². The van der Waals surface area contributed by atoms with Crippen molar-refractivity contribution in [3.05, 3.63) is 15.6 Å². The first-order valence-corrected chi connectivity index (χ1v) is 9.41. The molecule has 2 rings (SSSR count). The molecule has 0 N–H and O–H groups in total. The lowest BCUT2D eigenvalue weighted by Gasteiger charge is -2.34. The van der Waals surface area contributed by atoms with E-state index in [0.29, 0.717) is 38.7 Å². The number of thiazole rings is 1. The zero-order valence-electron chi connectivity index (χ0n) is 15.0. The Hall–Kier alpha value is -1.63. The van der Waals surface area contributed by atoms with Crippen molar-refractivity contribution in [1.29, 1.82) is 0 Å². The third kappa shape index (κ3) is 4.69. The number of amides is 2. The maximum Gasteiger partial charge on any atom is 0.409 e. The van der Waals surface area contributed by atoms with Crippen molar-refractivity contribution in [3.63, 3.8) is 0 Å². The maximum atomic E-state index is 12.7. The minimum atomic E-state index is -0.282. The molecule has 1 aliphatic rings. The van der Waals surface area contributed by atoms with Crippen molar-refractivity contribution in [1.82, 2.24) is 14.8 Å². The van der Waals surface area contributed by atoms with Gasteiger partial charge in [-0.2, -0.15) is 0 Å². The first kappa shape index (κ1) is 18.7. The van der Waals surface area contributed by atoms with Gasteiger partial charge in [0, 0.05) is 26.2 Å². The zero-order chi connectivity index (χ0) is 17.7. The highest BCUT2D eigenvalue weighted by atomic mass is 32.1. The Morgan fingerprint density at radius 3 is 2.42 bits per heavy atom. The largest absolute Gasteiger partial charge is 0.449 e. The van der Waals surface area contributed by atoms with E-state index in [2.05, 4.69) is 11.9 Å². The van der Waals surface area contributed by atoms with E-state index < -0.39 is 0 Å². The van der Waals surface area contributed by atoms with Gasteiger partial charge in [0.2, 0.25) is 0 Å². The van der Waals surface area contributed by atoms with Crippen molar-refractivity contribution in [2.75, 3.05) is 32.8 Å². The summed E-state index contributed by atoms with van der Waals surface area (Å²) in [5.74, 6) is 0.353. The molecule has 0 bridgehead atoms. The molecule has 0 unspecified atom stereocenters. The van der Waals surface area contributed by atoms with E-state index in [4.69, 9.17) is 4.74 Å². The number of carbonyl (C=O) groups excluding carboxylic acids is 2. The molecule has 1 aromatic rings. The molecule has 134 valence electrons. The molecule has 0 radical (unpaired) electrons. The maximum absolute atomic E-state index is 12.7. The monoisotopic (exact) mass is 353 g/mol. The Kier molecular flexibility index (Phi) is 6.60. The molecule has 1 fully saturated rings. The van der Waals surface area contributed by atoms with E-state index in [1.807, 2.05) is 25.7 Å². The molecule has 0 aliphatic carbocycles. The van der Waals surface area contributed by atoms with E-state index in [-0.39, 0.29) is 12.0 Å². The highest BCUT2D eigenvalue weighted by molar-refractivity contribution is 7.13. The van der Waals surface area contributed by atoms with Crippen LogP contribution in [0.4, 0.5) is 4.79 Å². The van der Waals surface area contributed by atoms with Crippen LogP contribution in [0, 0.1) is 12.8 Å². The minimum Gasteiger partial charge on any atom is -0.449 e. The number of nitrogens with zero attached hydrogens (tertiary/aromatic N) is 3. The molecular weight excluding hydrogens is 326 g/mol. The molecule has 24 heavy (non-hydrogen) atoms. The number of aromatic nitrogens is 1. The molecule has 7 heteroatoms. The summed E-state index contributed by atoms with van der Waals surface area (Å²) in [6, 6.07) is 0. The number of ether oxygens (including phenoxy) is 1. The molecule has 0 saturated carbocycles. The number of piperazine rings is 1. The van der Waals surface area contributed by atoms with Crippen LogP contribution in [-0.2, 0) is 11.2 Å². The Morgan fingerprint density at radius 2 is 1.83 bits per heavy atom. The number of rotatable bonds is 5. The zero-order valence-corrected chi connectivity index (χ0v) is 15.8. The second-order valence-corrected chi connectivity index (χ2v) is 7.61. The molecule has 0 aromatic carbocycles. The van der Waals surface area contributed by atoms with Gasteiger partial charge >= 0.3 is 6.09 Å². The molecule has 6 nitrogen and oxygen atoms in total. The van der Waals surface area contributed by atoms with Gasteiger partial charge in [0.05, 0.1) is 17.3 Å². The minimum absolute atomic E-state index is 0.0301. The second-order valence-electron chi connectivity index (χ2n) is 6.52. The highest BCUT2D eigenvalue weighted by Crippen LogP contribution is 2.22. The third-order valence-corrected chi connectivity index (χ3v) is 5.07. The Morgan fingerprint density at radius 1 is 1.21 bits per heavy atom. The molecule has 2 amide bonds. The van der Waals surface area contributed by atoms with Crippen LogP contribution in [0.5, 0.6) is 0 Å². The van der Waals surface area contributed by atoms with Gasteiger partial charge in [0.25, 0.3) is 5.91 Å². The quantitative estimate of drug-likeness (QED) is 0.816. The van der Waals surface area contributed by atoms with Crippen LogP contribution in [0.15, 0.2) is 0 Å². The summed E-state index contributed by atoms with van der Waals surface area (Å²) in [6.07, 6.45) is 1.65. The van der Waals surface area contributed by atoms with E-state index in [1.165, 1.54) is 11.3 Å². The van der Waals surface area contributed by atoms with Crippen LogP contribution in [0.25, 0.3) is 0 Å². The van der Waals surface area contributed by atoms with Gasteiger partial charge in [-0.1, -0.05) is 20.8 Å². The number of carbonyl (C=O) groups is 2. The molecule has 0 spiro atoms. The number of hydrogen-bond acceptors (Lipinski definition) is 5. The summed E-state index contributed by atoms with van der Waals surface area (Å²) in [5, 5.41) is 1.02. The number of aryl methyl sites for hydroxylation is 2. The van der Waals surface area contributed by atoms with Gasteiger partial charge in [-0.15, -0.1) is 11.3 Å². The SMILES string of the molecule is CCCc1nc(C)c(C(=O)N2CCN(C(=O)OCC(C)C)CC2)s1. The van der Waals surface area contributed by atoms with Gasteiger partial charge in [-0.05, 0) is 25.7 Å². The van der Waals surface area contributed by atoms with Gasteiger partial charge in [0.15, 0.2) is 0 Å². The second kappa shape index (κ2) is 8.46. The fourth-order valence-electron chi connectivity index (χ4n) is 2.54. The van der Waals surface area contributed by atoms with E-state index in [9.17, 15) is 9.59 Å². The molecule has 1 aromatic heterocycles. The molecule has 1 saturated heterocycles. The van der Waals surface area contributed by atoms with Crippen LogP contribution in [-0.4, -0.2) is 59.6 Å². The highest BCUT2D eigenvalue weighted by Gasteiger charge is 2.27. The average molecular weight is 353 g/mol. The first-order chi connectivity index (χ1) is 11.4. The molecule has 1 aliphatic heterocycles. The van der Waals surface area contributed by atoms with Gasteiger partial charge in [-0.3, -0.25) is 4.79 Å². The fourth-order valence-corrected chi connectivity index (χ4v) is 3.67. The lowest BCUT2D eigenvalue weighted by molar-refractivity contribution is 0.0538. The van der Waals surface area contributed by atoms with Crippen molar-refractivity contribution < 1.29 is 14.3 Å². The topological polar surface area (TPSA) is 62.7 Å². The van der Waals surface area contributed by atoms with Gasteiger partial charge < -0.3 is 14.5 Å². The first-order valence-electron chi connectivity index (χ1n) is 8.59. The van der Waals surface area contributed by atoms with Crippen LogP contribution in [0.2, 0.25) is 0 Å². The third-order valence-electron chi connectivity index (χ3n) is 3.86. The summed E-state index contributed by atoms with van der Waals surface area (Å²) < 4.78 is 5.25. The standard InChI is InChI=1S/C17H27N3O3S/c1-5-6-14-18-13(4)15(24-14)16(21)19-7-9-20(10-8-19)17(22)23-11-12(2)3/h12H,5-11H2,1-4H3.